The van der Waals surface area contributed by atoms with Gasteiger partial charge < -0.3 is 10.6 Å². The molecule has 2 rings (SSSR count). The monoisotopic (exact) mass is 196 g/mol. The van der Waals surface area contributed by atoms with Gasteiger partial charge in [0.15, 0.2) is 0 Å². The van der Waals surface area contributed by atoms with Crippen LogP contribution in [0.2, 0.25) is 0 Å². The van der Waals surface area contributed by atoms with E-state index in [4.69, 9.17) is 0 Å². The molecule has 82 valence electrons. The zero-order chi connectivity index (χ0) is 9.80. The number of hydrogen-bond donors (Lipinski definition) is 2. The second-order valence-electron chi connectivity index (χ2n) is 5.19. The smallest absolute Gasteiger partial charge is 0.000523 e. The third kappa shape index (κ3) is 3.25. The van der Waals surface area contributed by atoms with Crippen molar-refractivity contribution in [3.8, 4) is 0 Å². The van der Waals surface area contributed by atoms with Crippen LogP contribution in [-0.2, 0) is 0 Å². The van der Waals surface area contributed by atoms with Crippen molar-refractivity contribution in [1.29, 1.82) is 0 Å². The lowest BCUT2D eigenvalue weighted by atomic mass is 9.98. The molecule has 1 saturated carbocycles. The van der Waals surface area contributed by atoms with E-state index in [1.54, 1.807) is 0 Å². The minimum absolute atomic E-state index is 0.867. The molecule has 2 heteroatoms. The van der Waals surface area contributed by atoms with Crippen molar-refractivity contribution in [2.24, 2.45) is 17.8 Å². The van der Waals surface area contributed by atoms with Gasteiger partial charge >= 0.3 is 0 Å². The molecule has 0 aromatic carbocycles. The molecule has 0 spiro atoms. The summed E-state index contributed by atoms with van der Waals surface area (Å²) in [6.45, 7) is 7.25. The molecular weight excluding hydrogens is 172 g/mol. The summed E-state index contributed by atoms with van der Waals surface area (Å²) in [5.74, 6) is 2.84. The van der Waals surface area contributed by atoms with Crippen molar-refractivity contribution in [2.45, 2.75) is 32.6 Å². The first kappa shape index (κ1) is 10.4. The van der Waals surface area contributed by atoms with Crippen LogP contribution in [0.4, 0.5) is 0 Å². The van der Waals surface area contributed by atoms with Crippen LogP contribution in [0.1, 0.15) is 32.6 Å². The van der Waals surface area contributed by atoms with E-state index in [1.165, 1.54) is 51.9 Å². The highest BCUT2D eigenvalue weighted by atomic mass is 14.9. The van der Waals surface area contributed by atoms with Gasteiger partial charge in [-0.2, -0.15) is 0 Å². The van der Waals surface area contributed by atoms with Gasteiger partial charge in [0.25, 0.3) is 0 Å². The molecule has 2 fully saturated rings. The zero-order valence-corrected chi connectivity index (χ0v) is 9.39. The fraction of sp³-hybridized carbons (Fsp3) is 1.00. The Labute approximate surface area is 87.8 Å². The SMILES string of the molecule is CC1CNCC1CNCCCC1CC1. The normalized spacial score (nSPS) is 32.4. The Morgan fingerprint density at radius 3 is 2.79 bits per heavy atom. The van der Waals surface area contributed by atoms with Crippen molar-refractivity contribution < 1.29 is 0 Å². The summed E-state index contributed by atoms with van der Waals surface area (Å²) in [7, 11) is 0. The summed E-state index contributed by atoms with van der Waals surface area (Å²) in [6, 6.07) is 0. The van der Waals surface area contributed by atoms with Gasteiger partial charge in [-0.15, -0.1) is 0 Å². The van der Waals surface area contributed by atoms with Crippen molar-refractivity contribution in [1.82, 2.24) is 10.6 Å². The number of nitrogens with one attached hydrogen (secondary N) is 2. The van der Waals surface area contributed by atoms with Crippen molar-refractivity contribution in [3.05, 3.63) is 0 Å². The van der Waals surface area contributed by atoms with Gasteiger partial charge in [-0.3, -0.25) is 0 Å². The van der Waals surface area contributed by atoms with Crippen molar-refractivity contribution in [2.75, 3.05) is 26.2 Å². The van der Waals surface area contributed by atoms with Crippen LogP contribution >= 0.6 is 0 Å². The minimum atomic E-state index is 0.867. The van der Waals surface area contributed by atoms with Gasteiger partial charge in [0.2, 0.25) is 0 Å². The Morgan fingerprint density at radius 1 is 1.29 bits per heavy atom. The summed E-state index contributed by atoms with van der Waals surface area (Å²) < 4.78 is 0. The van der Waals surface area contributed by atoms with Crippen LogP contribution in [0.3, 0.4) is 0 Å². The molecule has 0 aromatic heterocycles. The molecule has 2 aliphatic rings. The Balaban J connectivity index is 1.45. The molecule has 2 nitrogen and oxygen atoms in total. The fourth-order valence-electron chi connectivity index (χ4n) is 2.35. The molecule has 1 aliphatic carbocycles. The average Bonchev–Trinajstić information content (AvgIpc) is 2.91. The summed E-state index contributed by atoms with van der Waals surface area (Å²) in [5.41, 5.74) is 0. The first-order valence-corrected chi connectivity index (χ1v) is 6.27. The van der Waals surface area contributed by atoms with Gasteiger partial charge in [0, 0.05) is 0 Å². The molecule has 1 aliphatic heterocycles. The van der Waals surface area contributed by atoms with E-state index in [9.17, 15) is 0 Å². The second-order valence-corrected chi connectivity index (χ2v) is 5.19. The van der Waals surface area contributed by atoms with E-state index in [0.29, 0.717) is 0 Å². The van der Waals surface area contributed by atoms with Crippen molar-refractivity contribution >= 4 is 0 Å². The molecule has 0 aromatic rings. The average molecular weight is 196 g/mol. The third-order valence-electron chi connectivity index (χ3n) is 3.75. The Hall–Kier alpha value is -0.0800. The summed E-state index contributed by atoms with van der Waals surface area (Å²) >= 11 is 0. The molecule has 0 radical (unpaired) electrons. The largest absolute Gasteiger partial charge is 0.316 e. The van der Waals surface area contributed by atoms with Gasteiger partial charge in [0.1, 0.15) is 0 Å². The molecule has 1 heterocycles. The van der Waals surface area contributed by atoms with Crippen LogP contribution in [0.15, 0.2) is 0 Å². The van der Waals surface area contributed by atoms with Crippen LogP contribution in [-0.4, -0.2) is 26.2 Å². The lowest BCUT2D eigenvalue weighted by Crippen LogP contribution is -2.27. The van der Waals surface area contributed by atoms with Gasteiger partial charge in [-0.05, 0) is 56.8 Å². The van der Waals surface area contributed by atoms with E-state index in [1.807, 2.05) is 0 Å². The molecule has 2 unspecified atom stereocenters. The molecular formula is C12H24N2. The first-order chi connectivity index (χ1) is 6.86. The molecule has 14 heavy (non-hydrogen) atoms. The summed E-state index contributed by atoms with van der Waals surface area (Å²) in [4.78, 5) is 0. The zero-order valence-electron chi connectivity index (χ0n) is 9.39. The van der Waals surface area contributed by atoms with E-state index in [-0.39, 0.29) is 0 Å². The second kappa shape index (κ2) is 5.13. The van der Waals surface area contributed by atoms with Gasteiger partial charge in [-0.25, -0.2) is 0 Å². The van der Waals surface area contributed by atoms with Crippen molar-refractivity contribution in [3.63, 3.8) is 0 Å². The van der Waals surface area contributed by atoms with Crippen LogP contribution in [0, 0.1) is 17.8 Å². The highest BCUT2D eigenvalue weighted by Gasteiger charge is 2.22. The highest BCUT2D eigenvalue weighted by molar-refractivity contribution is 4.79. The maximum absolute atomic E-state index is 3.60. The minimum Gasteiger partial charge on any atom is -0.316 e. The molecule has 2 N–H and O–H groups in total. The Kier molecular flexibility index (Phi) is 3.82. The quantitative estimate of drug-likeness (QED) is 0.631. The molecule has 0 bridgehead atoms. The topological polar surface area (TPSA) is 24.1 Å². The van der Waals surface area contributed by atoms with Crippen LogP contribution in [0.25, 0.3) is 0 Å². The molecule has 1 saturated heterocycles. The first-order valence-electron chi connectivity index (χ1n) is 6.27. The predicted octanol–water partition coefficient (Wildman–Crippen LogP) is 1.62. The Morgan fingerprint density at radius 2 is 2.14 bits per heavy atom. The predicted molar refractivity (Wildman–Crippen MR) is 60.4 cm³/mol. The number of hydrogen-bond acceptors (Lipinski definition) is 2. The van der Waals surface area contributed by atoms with E-state index < -0.39 is 0 Å². The third-order valence-corrected chi connectivity index (χ3v) is 3.75. The summed E-state index contributed by atoms with van der Waals surface area (Å²) in [6.07, 6.45) is 5.86. The number of rotatable bonds is 6. The highest BCUT2D eigenvalue weighted by Crippen LogP contribution is 2.33. The maximum atomic E-state index is 3.60. The van der Waals surface area contributed by atoms with Crippen LogP contribution in [0.5, 0.6) is 0 Å². The lowest BCUT2D eigenvalue weighted by Gasteiger charge is -2.14. The summed E-state index contributed by atoms with van der Waals surface area (Å²) in [5, 5.41) is 7.05. The van der Waals surface area contributed by atoms with Gasteiger partial charge in [-0.1, -0.05) is 19.8 Å². The van der Waals surface area contributed by atoms with Gasteiger partial charge in [0.05, 0.1) is 0 Å². The maximum Gasteiger partial charge on any atom is -0.000523 e. The molecule has 2 atom stereocenters. The van der Waals surface area contributed by atoms with E-state index >= 15 is 0 Å². The molecule has 0 amide bonds. The fourth-order valence-corrected chi connectivity index (χ4v) is 2.35. The van der Waals surface area contributed by atoms with E-state index in [2.05, 4.69) is 17.6 Å². The van der Waals surface area contributed by atoms with Crippen LogP contribution < -0.4 is 10.6 Å². The standard InChI is InChI=1S/C12H24N2/c1-10-7-14-9-12(10)8-13-6-2-3-11-4-5-11/h10-14H,2-9H2,1H3. The van der Waals surface area contributed by atoms with E-state index in [0.717, 1.165) is 17.8 Å². The Bertz CT molecular complexity index is 166. The lowest BCUT2D eigenvalue weighted by molar-refractivity contribution is 0.416.